The van der Waals surface area contributed by atoms with Gasteiger partial charge in [-0.25, -0.2) is 4.98 Å². The maximum Gasteiger partial charge on any atom is 0.220 e. The van der Waals surface area contributed by atoms with Crippen molar-refractivity contribution in [2.75, 3.05) is 6.54 Å². The highest BCUT2D eigenvalue weighted by molar-refractivity contribution is 6.31. The van der Waals surface area contributed by atoms with Crippen LogP contribution in [0.2, 0.25) is 10.2 Å². The summed E-state index contributed by atoms with van der Waals surface area (Å²) < 4.78 is 0. The average molecular weight is 390 g/mol. The van der Waals surface area contributed by atoms with Crippen LogP contribution in [0.5, 0.6) is 0 Å². The maximum atomic E-state index is 12.5. The Kier molecular flexibility index (Phi) is 5.84. The molecule has 136 valence electrons. The van der Waals surface area contributed by atoms with Gasteiger partial charge in [-0.3, -0.25) is 4.79 Å². The molecule has 3 aromatic rings. The third kappa shape index (κ3) is 4.37. The molecule has 2 aromatic heterocycles. The van der Waals surface area contributed by atoms with Gasteiger partial charge < -0.3 is 10.3 Å². The number of fused-ring (bicyclic) bond motifs is 1. The predicted octanol–water partition coefficient (Wildman–Crippen LogP) is 5.16. The first-order valence-corrected chi connectivity index (χ1v) is 9.34. The number of amides is 1. The summed E-state index contributed by atoms with van der Waals surface area (Å²) in [5.74, 6) is 0.274. The van der Waals surface area contributed by atoms with Gasteiger partial charge in [0.25, 0.3) is 0 Å². The van der Waals surface area contributed by atoms with Gasteiger partial charge in [0.15, 0.2) is 0 Å². The SMILES string of the molecule is CC(C)CNC(=O)CC(c1ccc(Cl)nc1)c1c[nH]c2ccc(Cl)cc12. The number of benzene rings is 1. The summed E-state index contributed by atoms with van der Waals surface area (Å²) >= 11 is 12.1. The number of nitrogens with one attached hydrogen (secondary N) is 2. The van der Waals surface area contributed by atoms with Crippen molar-refractivity contribution in [3.05, 3.63) is 64.0 Å². The summed E-state index contributed by atoms with van der Waals surface area (Å²) in [4.78, 5) is 20.0. The van der Waals surface area contributed by atoms with E-state index in [0.717, 1.165) is 22.0 Å². The highest BCUT2D eigenvalue weighted by Crippen LogP contribution is 2.34. The molecule has 0 saturated carbocycles. The van der Waals surface area contributed by atoms with Crippen molar-refractivity contribution in [2.45, 2.75) is 26.2 Å². The number of aromatic amines is 1. The number of halogens is 2. The zero-order valence-corrected chi connectivity index (χ0v) is 16.2. The second-order valence-corrected chi connectivity index (χ2v) is 7.63. The Bertz CT molecular complexity index is 903. The van der Waals surface area contributed by atoms with Gasteiger partial charge in [0.05, 0.1) is 0 Å². The number of carbonyl (C=O) groups excluding carboxylic acids is 1. The van der Waals surface area contributed by atoms with Gasteiger partial charge in [-0.15, -0.1) is 0 Å². The normalized spacial score (nSPS) is 12.5. The van der Waals surface area contributed by atoms with E-state index in [1.54, 1.807) is 12.3 Å². The molecule has 26 heavy (non-hydrogen) atoms. The van der Waals surface area contributed by atoms with E-state index >= 15 is 0 Å². The summed E-state index contributed by atoms with van der Waals surface area (Å²) in [6.07, 6.45) is 4.00. The molecule has 3 rings (SSSR count). The van der Waals surface area contributed by atoms with Crippen molar-refractivity contribution < 1.29 is 4.79 Å². The molecular formula is C20H21Cl2N3O. The minimum atomic E-state index is -0.140. The molecule has 0 fully saturated rings. The molecule has 6 heteroatoms. The van der Waals surface area contributed by atoms with E-state index in [2.05, 4.69) is 29.1 Å². The minimum Gasteiger partial charge on any atom is -0.361 e. The lowest BCUT2D eigenvalue weighted by Crippen LogP contribution is -2.28. The highest BCUT2D eigenvalue weighted by Gasteiger charge is 2.22. The first kappa shape index (κ1) is 18.7. The van der Waals surface area contributed by atoms with E-state index in [-0.39, 0.29) is 11.8 Å². The number of hydrogen-bond donors (Lipinski definition) is 2. The van der Waals surface area contributed by atoms with E-state index in [4.69, 9.17) is 23.2 Å². The Morgan fingerprint density at radius 3 is 2.73 bits per heavy atom. The maximum absolute atomic E-state index is 12.5. The molecule has 1 unspecified atom stereocenters. The quantitative estimate of drug-likeness (QED) is 0.571. The van der Waals surface area contributed by atoms with Crippen molar-refractivity contribution in [3.63, 3.8) is 0 Å². The standard InChI is InChI=1S/C20H21Cl2N3O/c1-12(2)9-25-20(26)8-15(13-3-6-19(22)24-10-13)17-11-23-18-5-4-14(21)7-16(17)18/h3-7,10-12,15,23H,8-9H2,1-2H3,(H,25,26). The van der Waals surface area contributed by atoms with Crippen LogP contribution >= 0.6 is 23.2 Å². The summed E-state index contributed by atoms with van der Waals surface area (Å²) in [6.45, 7) is 4.80. The first-order valence-electron chi connectivity index (χ1n) is 8.58. The van der Waals surface area contributed by atoms with Gasteiger partial charge in [-0.1, -0.05) is 43.1 Å². The van der Waals surface area contributed by atoms with Crippen LogP contribution in [0, 0.1) is 5.92 Å². The van der Waals surface area contributed by atoms with Crippen molar-refractivity contribution in [1.29, 1.82) is 0 Å². The lowest BCUT2D eigenvalue weighted by atomic mass is 9.89. The van der Waals surface area contributed by atoms with E-state index in [0.29, 0.717) is 29.1 Å². The Hall–Kier alpha value is -2.04. The number of nitrogens with zero attached hydrogens (tertiary/aromatic N) is 1. The van der Waals surface area contributed by atoms with E-state index in [1.807, 2.05) is 30.5 Å². The van der Waals surface area contributed by atoms with Crippen molar-refractivity contribution >= 4 is 40.0 Å². The van der Waals surface area contributed by atoms with Gasteiger partial charge >= 0.3 is 0 Å². The fraction of sp³-hybridized carbons (Fsp3) is 0.300. The van der Waals surface area contributed by atoms with Crippen molar-refractivity contribution in [3.8, 4) is 0 Å². The van der Waals surface area contributed by atoms with Crippen LogP contribution in [-0.2, 0) is 4.79 Å². The molecule has 4 nitrogen and oxygen atoms in total. The molecule has 0 aliphatic heterocycles. The monoisotopic (exact) mass is 389 g/mol. The number of carbonyl (C=O) groups is 1. The average Bonchev–Trinajstić information content (AvgIpc) is 3.01. The Balaban J connectivity index is 1.97. The number of rotatable bonds is 6. The third-order valence-electron chi connectivity index (χ3n) is 4.30. The van der Waals surface area contributed by atoms with Crippen LogP contribution in [0.1, 0.15) is 37.3 Å². The molecule has 0 bridgehead atoms. The van der Waals surface area contributed by atoms with Gasteiger partial charge in [0.2, 0.25) is 5.91 Å². The van der Waals surface area contributed by atoms with Gasteiger partial charge in [-0.05, 0) is 41.3 Å². The Labute approximate surface area is 162 Å². The Morgan fingerprint density at radius 2 is 2.04 bits per heavy atom. The van der Waals surface area contributed by atoms with E-state index in [1.165, 1.54) is 0 Å². The van der Waals surface area contributed by atoms with E-state index in [9.17, 15) is 4.79 Å². The Morgan fingerprint density at radius 1 is 1.23 bits per heavy atom. The molecular weight excluding hydrogens is 369 g/mol. The van der Waals surface area contributed by atoms with Crippen LogP contribution in [-0.4, -0.2) is 22.4 Å². The molecule has 1 atom stereocenters. The molecule has 0 saturated heterocycles. The van der Waals surface area contributed by atoms with Gasteiger partial charge in [0.1, 0.15) is 5.15 Å². The number of pyridine rings is 1. The van der Waals surface area contributed by atoms with Crippen LogP contribution < -0.4 is 5.32 Å². The van der Waals surface area contributed by atoms with Crippen molar-refractivity contribution in [1.82, 2.24) is 15.3 Å². The zero-order chi connectivity index (χ0) is 18.7. The van der Waals surface area contributed by atoms with Crippen LogP contribution in [0.15, 0.2) is 42.7 Å². The second-order valence-electron chi connectivity index (χ2n) is 6.80. The largest absolute Gasteiger partial charge is 0.361 e. The number of aromatic nitrogens is 2. The fourth-order valence-electron chi connectivity index (χ4n) is 2.98. The summed E-state index contributed by atoms with van der Waals surface area (Å²) in [5.41, 5.74) is 2.94. The number of H-pyrrole nitrogens is 1. The second kappa shape index (κ2) is 8.11. The molecule has 0 spiro atoms. The highest BCUT2D eigenvalue weighted by atomic mass is 35.5. The van der Waals surface area contributed by atoms with Crippen LogP contribution in [0.3, 0.4) is 0 Å². The molecule has 0 aliphatic carbocycles. The van der Waals surface area contributed by atoms with Crippen LogP contribution in [0.4, 0.5) is 0 Å². The molecule has 2 heterocycles. The third-order valence-corrected chi connectivity index (χ3v) is 4.76. The topological polar surface area (TPSA) is 57.8 Å². The fourth-order valence-corrected chi connectivity index (χ4v) is 3.26. The summed E-state index contributed by atoms with van der Waals surface area (Å²) in [6, 6.07) is 9.37. The molecule has 2 N–H and O–H groups in total. The molecule has 0 aliphatic rings. The summed E-state index contributed by atoms with van der Waals surface area (Å²) in [5, 5.41) is 5.09. The van der Waals surface area contributed by atoms with E-state index < -0.39 is 0 Å². The lowest BCUT2D eigenvalue weighted by Gasteiger charge is -2.17. The lowest BCUT2D eigenvalue weighted by molar-refractivity contribution is -0.121. The predicted molar refractivity (Wildman–Crippen MR) is 107 cm³/mol. The van der Waals surface area contributed by atoms with Gasteiger partial charge in [-0.2, -0.15) is 0 Å². The zero-order valence-electron chi connectivity index (χ0n) is 14.7. The minimum absolute atomic E-state index is 0.00929. The number of hydrogen-bond acceptors (Lipinski definition) is 2. The van der Waals surface area contributed by atoms with Gasteiger partial charge in [0, 0.05) is 47.2 Å². The molecule has 0 radical (unpaired) electrons. The first-order chi connectivity index (χ1) is 12.4. The smallest absolute Gasteiger partial charge is 0.220 e. The molecule has 1 aromatic carbocycles. The molecule has 1 amide bonds. The van der Waals surface area contributed by atoms with Crippen LogP contribution in [0.25, 0.3) is 10.9 Å². The van der Waals surface area contributed by atoms with Crippen molar-refractivity contribution in [2.24, 2.45) is 5.92 Å². The summed E-state index contributed by atoms with van der Waals surface area (Å²) in [7, 11) is 0.